The quantitative estimate of drug-likeness (QED) is 0.431. The summed E-state index contributed by atoms with van der Waals surface area (Å²) in [6, 6.07) is 13.8. The monoisotopic (exact) mass is 443 g/mol. The van der Waals surface area contributed by atoms with Crippen LogP contribution in [0.1, 0.15) is 21.5 Å². The molecule has 0 saturated heterocycles. The molecule has 0 aliphatic rings. The Kier molecular flexibility index (Phi) is 6.62. The third-order valence-electron chi connectivity index (χ3n) is 4.49. The van der Waals surface area contributed by atoms with Crippen LogP contribution < -0.4 is 21.7 Å². The van der Waals surface area contributed by atoms with Crippen LogP contribution in [0.5, 0.6) is 0 Å². The molecule has 0 spiro atoms. The molecule has 0 aliphatic carbocycles. The molecule has 1 aromatic heterocycles. The summed E-state index contributed by atoms with van der Waals surface area (Å²) in [7, 11) is 1.42. The Hall–Kier alpha value is -4.08. The average Bonchev–Trinajstić information content (AvgIpc) is 2.74. The van der Waals surface area contributed by atoms with Crippen LogP contribution in [0.25, 0.3) is 0 Å². The summed E-state index contributed by atoms with van der Waals surface area (Å²) >= 11 is 0. The van der Waals surface area contributed by atoms with Crippen molar-refractivity contribution in [2.24, 2.45) is 0 Å². The van der Waals surface area contributed by atoms with Crippen LogP contribution >= 0.6 is 0 Å². The van der Waals surface area contributed by atoms with Crippen molar-refractivity contribution < 1.29 is 22.8 Å². The van der Waals surface area contributed by atoms with Gasteiger partial charge in [-0.3, -0.25) is 9.59 Å². The number of para-hydroxylation sites is 1. The van der Waals surface area contributed by atoms with Gasteiger partial charge in [0.25, 0.3) is 5.91 Å². The lowest BCUT2D eigenvalue weighted by Gasteiger charge is -2.17. The van der Waals surface area contributed by atoms with E-state index >= 15 is 0 Å². The minimum atomic E-state index is -4.70. The van der Waals surface area contributed by atoms with Gasteiger partial charge in [0, 0.05) is 25.0 Å². The SMILES string of the molecule is CNC(=O)c1ccccc1Nc1cc(NC(=O)Cc2ccc(N)cc2)ncc1C(F)(F)F. The number of alkyl halides is 3. The second kappa shape index (κ2) is 9.38. The maximum Gasteiger partial charge on any atom is 0.419 e. The zero-order valence-corrected chi connectivity index (χ0v) is 17.0. The van der Waals surface area contributed by atoms with Gasteiger partial charge in [0.05, 0.1) is 28.9 Å². The first-order chi connectivity index (χ1) is 15.2. The lowest BCUT2D eigenvalue weighted by molar-refractivity contribution is -0.137. The van der Waals surface area contributed by atoms with Crippen molar-refractivity contribution in [3.05, 3.63) is 77.5 Å². The molecular formula is C22H20F3N5O2. The number of rotatable bonds is 6. The topological polar surface area (TPSA) is 109 Å². The number of hydrogen-bond donors (Lipinski definition) is 4. The predicted molar refractivity (Wildman–Crippen MR) is 116 cm³/mol. The first-order valence-electron chi connectivity index (χ1n) is 9.47. The fourth-order valence-electron chi connectivity index (χ4n) is 2.93. The van der Waals surface area contributed by atoms with E-state index in [-0.39, 0.29) is 29.2 Å². The summed E-state index contributed by atoms with van der Waals surface area (Å²) in [6.07, 6.45) is -4.08. The maximum absolute atomic E-state index is 13.5. The highest BCUT2D eigenvalue weighted by atomic mass is 19.4. The number of nitrogen functional groups attached to an aromatic ring is 1. The van der Waals surface area contributed by atoms with Gasteiger partial charge in [-0.05, 0) is 29.8 Å². The molecule has 0 fully saturated rings. The van der Waals surface area contributed by atoms with Crippen LogP contribution in [0.15, 0.2) is 60.8 Å². The Balaban J connectivity index is 1.88. The molecule has 2 amide bonds. The van der Waals surface area contributed by atoms with E-state index in [1.165, 1.54) is 19.2 Å². The number of benzene rings is 2. The molecule has 1 heterocycles. The van der Waals surface area contributed by atoms with E-state index in [4.69, 9.17) is 5.73 Å². The van der Waals surface area contributed by atoms with Crippen LogP contribution in [0.4, 0.5) is 36.1 Å². The fraction of sp³-hybridized carbons (Fsp3) is 0.136. The Morgan fingerprint density at radius 1 is 1.03 bits per heavy atom. The molecule has 0 atom stereocenters. The van der Waals surface area contributed by atoms with Gasteiger partial charge in [-0.2, -0.15) is 13.2 Å². The molecule has 2 aromatic carbocycles. The van der Waals surface area contributed by atoms with Crippen LogP contribution in [0, 0.1) is 0 Å². The second-order valence-corrected chi connectivity index (χ2v) is 6.83. The summed E-state index contributed by atoms with van der Waals surface area (Å²) < 4.78 is 40.6. The van der Waals surface area contributed by atoms with Gasteiger partial charge in [0.2, 0.25) is 5.91 Å². The Morgan fingerprint density at radius 3 is 2.38 bits per heavy atom. The number of nitrogens with two attached hydrogens (primary N) is 1. The number of aromatic nitrogens is 1. The Bertz CT molecular complexity index is 1130. The normalized spacial score (nSPS) is 11.0. The molecule has 5 N–H and O–H groups in total. The van der Waals surface area contributed by atoms with Gasteiger partial charge < -0.3 is 21.7 Å². The fourth-order valence-corrected chi connectivity index (χ4v) is 2.93. The van der Waals surface area contributed by atoms with E-state index in [0.29, 0.717) is 17.4 Å². The number of pyridine rings is 1. The zero-order valence-electron chi connectivity index (χ0n) is 17.0. The number of nitrogens with zero attached hydrogens (tertiary/aromatic N) is 1. The highest BCUT2D eigenvalue weighted by Crippen LogP contribution is 2.37. The molecule has 7 nitrogen and oxygen atoms in total. The number of carbonyl (C=O) groups excluding carboxylic acids is 2. The number of nitrogens with one attached hydrogen (secondary N) is 3. The van der Waals surface area contributed by atoms with E-state index in [9.17, 15) is 22.8 Å². The lowest BCUT2D eigenvalue weighted by Crippen LogP contribution is -2.20. The van der Waals surface area contributed by atoms with Gasteiger partial charge in [-0.25, -0.2) is 4.98 Å². The molecule has 166 valence electrons. The molecule has 0 radical (unpaired) electrons. The van der Waals surface area contributed by atoms with E-state index in [0.717, 1.165) is 6.07 Å². The number of hydrogen-bond acceptors (Lipinski definition) is 5. The van der Waals surface area contributed by atoms with Crippen molar-refractivity contribution >= 4 is 34.7 Å². The lowest BCUT2D eigenvalue weighted by atomic mass is 10.1. The van der Waals surface area contributed by atoms with Crippen molar-refractivity contribution in [2.75, 3.05) is 23.4 Å². The highest BCUT2D eigenvalue weighted by molar-refractivity contribution is 6.00. The molecule has 0 unspecified atom stereocenters. The smallest absolute Gasteiger partial charge is 0.399 e. The first kappa shape index (κ1) is 22.6. The van der Waals surface area contributed by atoms with Crippen molar-refractivity contribution in [3.63, 3.8) is 0 Å². The Labute approximate surface area is 181 Å². The van der Waals surface area contributed by atoms with Gasteiger partial charge in [0.15, 0.2) is 0 Å². The highest BCUT2D eigenvalue weighted by Gasteiger charge is 2.34. The second-order valence-electron chi connectivity index (χ2n) is 6.83. The van der Waals surface area contributed by atoms with E-state index in [2.05, 4.69) is 20.9 Å². The standard InChI is InChI=1S/C22H20F3N5O2/c1-27-21(32)15-4-2-3-5-17(15)29-18-11-19(28-12-16(18)22(23,24)25)30-20(31)10-13-6-8-14(26)9-7-13/h2-9,11-12H,10,26H2,1H3,(H,27,32)(H2,28,29,30,31). The van der Waals surface area contributed by atoms with E-state index in [1.54, 1.807) is 36.4 Å². The van der Waals surface area contributed by atoms with Gasteiger partial charge in [-0.1, -0.05) is 24.3 Å². The molecule has 3 aromatic rings. The van der Waals surface area contributed by atoms with Crippen LogP contribution in [-0.4, -0.2) is 23.8 Å². The molecule has 10 heteroatoms. The zero-order chi connectivity index (χ0) is 23.3. The summed E-state index contributed by atoms with van der Waals surface area (Å²) in [4.78, 5) is 28.1. The molecule has 0 aliphatic heterocycles. The number of halogens is 3. The van der Waals surface area contributed by atoms with Crippen molar-refractivity contribution in [2.45, 2.75) is 12.6 Å². The third kappa shape index (κ3) is 5.54. The maximum atomic E-state index is 13.5. The summed E-state index contributed by atoms with van der Waals surface area (Å²) in [5.41, 5.74) is 5.78. The average molecular weight is 443 g/mol. The third-order valence-corrected chi connectivity index (χ3v) is 4.49. The van der Waals surface area contributed by atoms with Crippen molar-refractivity contribution in [1.82, 2.24) is 10.3 Å². The Morgan fingerprint density at radius 2 is 1.72 bits per heavy atom. The number of carbonyl (C=O) groups is 2. The minimum Gasteiger partial charge on any atom is -0.399 e. The van der Waals surface area contributed by atoms with Crippen LogP contribution in [0.2, 0.25) is 0 Å². The molecule has 0 saturated carbocycles. The van der Waals surface area contributed by atoms with E-state index in [1.807, 2.05) is 0 Å². The molecule has 0 bridgehead atoms. The van der Waals surface area contributed by atoms with E-state index < -0.39 is 23.6 Å². The molecule has 32 heavy (non-hydrogen) atoms. The first-order valence-corrected chi connectivity index (χ1v) is 9.47. The minimum absolute atomic E-state index is 0.00868. The summed E-state index contributed by atoms with van der Waals surface area (Å²) in [6.45, 7) is 0. The van der Waals surface area contributed by atoms with Crippen molar-refractivity contribution in [1.29, 1.82) is 0 Å². The van der Waals surface area contributed by atoms with Gasteiger partial charge in [0.1, 0.15) is 5.82 Å². The largest absolute Gasteiger partial charge is 0.419 e. The summed E-state index contributed by atoms with van der Waals surface area (Å²) in [5, 5.41) is 7.57. The number of amides is 2. The van der Waals surface area contributed by atoms with Gasteiger partial charge in [-0.15, -0.1) is 0 Å². The number of anilines is 4. The van der Waals surface area contributed by atoms with Crippen LogP contribution in [0.3, 0.4) is 0 Å². The summed E-state index contributed by atoms with van der Waals surface area (Å²) in [5.74, 6) is -0.996. The van der Waals surface area contributed by atoms with Crippen LogP contribution in [-0.2, 0) is 17.4 Å². The van der Waals surface area contributed by atoms with Gasteiger partial charge >= 0.3 is 6.18 Å². The molecule has 3 rings (SSSR count). The molecular weight excluding hydrogens is 423 g/mol. The van der Waals surface area contributed by atoms with Crippen molar-refractivity contribution in [3.8, 4) is 0 Å². The predicted octanol–water partition coefficient (Wildman–Crippen LogP) is 3.97.